The van der Waals surface area contributed by atoms with E-state index < -0.39 is 0 Å². The molecule has 1 radical (unpaired) electrons. The van der Waals surface area contributed by atoms with Crippen LogP contribution in [0.2, 0.25) is 0 Å². The van der Waals surface area contributed by atoms with Crippen LogP contribution in [-0.2, 0) is 37.5 Å². The zero-order chi connectivity index (χ0) is 9.14. The number of aliphatic hydroxyl groups is 1. The third-order valence-corrected chi connectivity index (χ3v) is 2.12. The van der Waals surface area contributed by atoms with E-state index in [2.05, 4.69) is 6.92 Å². The number of carbonyl (C=O) groups is 1. The molecule has 1 heterocycles. The molecule has 1 N–H and O–H groups in total. The third-order valence-electron chi connectivity index (χ3n) is 2.12. The van der Waals surface area contributed by atoms with Gasteiger partial charge in [-0.3, -0.25) is 4.79 Å². The molecule has 3 nitrogen and oxygen atoms in total. The van der Waals surface area contributed by atoms with Crippen LogP contribution in [0, 0.1) is 19.4 Å². The minimum atomic E-state index is -0.128. The molecule has 0 aromatic rings. The fourth-order valence-corrected chi connectivity index (χ4v) is 1.45. The molecule has 0 aliphatic carbocycles. The minimum absolute atomic E-state index is 0. The summed E-state index contributed by atoms with van der Waals surface area (Å²) in [6.45, 7) is 9.62. The van der Waals surface area contributed by atoms with Crippen LogP contribution in [0.25, 0.3) is 0 Å². The number of likely N-dealkylation sites (tertiary alicyclic amines) is 1. The predicted octanol–water partition coefficient (Wildman–Crippen LogP) is 0.366. The third kappa shape index (κ3) is 2.86. The van der Waals surface area contributed by atoms with E-state index in [1.165, 1.54) is 4.90 Å². The van der Waals surface area contributed by atoms with Crippen molar-refractivity contribution < 1.29 is 42.6 Å². The first-order valence-electron chi connectivity index (χ1n) is 4.03. The Morgan fingerprint density at radius 1 is 1.69 bits per heavy atom. The predicted molar refractivity (Wildman–Crippen MR) is 44.7 cm³/mol. The Balaban J connectivity index is 0.00000144. The van der Waals surface area contributed by atoms with Gasteiger partial charge in [0.25, 0.3) is 0 Å². The maximum absolute atomic E-state index is 11.4. The molecule has 1 rings (SSSR count). The van der Waals surface area contributed by atoms with Crippen LogP contribution in [0.15, 0.2) is 5.70 Å². The summed E-state index contributed by atoms with van der Waals surface area (Å²) >= 11 is 0. The van der Waals surface area contributed by atoms with Crippen LogP contribution < -0.4 is 0 Å². The number of carbonyl (C=O) groups excluding carboxylic acids is 1. The molecular weight excluding hydrogens is 243 g/mol. The molecule has 71 valence electrons. The largest absolute Gasteiger partial charge is 0.493 e. The fraction of sp³-hybridized carbons (Fsp3) is 0.556. The summed E-state index contributed by atoms with van der Waals surface area (Å²) in [5, 5.41) is 8.65. The second kappa shape index (κ2) is 5.89. The van der Waals surface area contributed by atoms with E-state index in [9.17, 15) is 4.79 Å². The number of rotatable bonds is 3. The SMILES string of the molecule is [CH-]=C1CC(CCO)C(=O)N1C[CH2-].[Y]. The Labute approximate surface area is 104 Å². The van der Waals surface area contributed by atoms with Crippen LogP contribution in [0.1, 0.15) is 12.8 Å². The van der Waals surface area contributed by atoms with Gasteiger partial charge < -0.3 is 23.5 Å². The molecule has 0 spiro atoms. The molecule has 4 heteroatoms. The molecule has 1 unspecified atom stereocenters. The Kier molecular flexibility index (Phi) is 6.01. The zero-order valence-corrected chi connectivity index (χ0v) is 10.4. The molecule has 0 aromatic carbocycles. The second-order valence-corrected chi connectivity index (χ2v) is 2.89. The second-order valence-electron chi connectivity index (χ2n) is 2.89. The van der Waals surface area contributed by atoms with Gasteiger partial charge >= 0.3 is 0 Å². The van der Waals surface area contributed by atoms with Crippen LogP contribution in [0.3, 0.4) is 0 Å². The van der Waals surface area contributed by atoms with Crippen molar-refractivity contribution in [3.05, 3.63) is 19.2 Å². The Bertz CT molecular complexity index is 206. The van der Waals surface area contributed by atoms with Gasteiger partial charge in [-0.2, -0.15) is 5.70 Å². The summed E-state index contributed by atoms with van der Waals surface area (Å²) in [6, 6.07) is 0. The van der Waals surface area contributed by atoms with Crippen molar-refractivity contribution in [2.24, 2.45) is 5.92 Å². The summed E-state index contributed by atoms with van der Waals surface area (Å²) in [6.07, 6.45) is 1.06. The summed E-state index contributed by atoms with van der Waals surface area (Å²) in [5.41, 5.74) is 0.577. The number of allylic oxidation sites excluding steroid dienone is 1. The molecule has 0 saturated carbocycles. The Morgan fingerprint density at radius 3 is 2.69 bits per heavy atom. The van der Waals surface area contributed by atoms with Crippen molar-refractivity contribution in [3.8, 4) is 0 Å². The van der Waals surface area contributed by atoms with E-state index in [0.29, 0.717) is 25.1 Å². The number of aliphatic hydroxyl groups excluding tert-OH is 1. The van der Waals surface area contributed by atoms with Crippen molar-refractivity contribution in [1.82, 2.24) is 4.90 Å². The summed E-state index contributed by atoms with van der Waals surface area (Å²) < 4.78 is 0. The van der Waals surface area contributed by atoms with Gasteiger partial charge in [0.1, 0.15) is 0 Å². The van der Waals surface area contributed by atoms with Crippen LogP contribution in [-0.4, -0.2) is 29.1 Å². The van der Waals surface area contributed by atoms with Crippen molar-refractivity contribution in [2.45, 2.75) is 12.8 Å². The molecule has 0 bridgehead atoms. The Morgan fingerprint density at radius 2 is 2.31 bits per heavy atom. The smallest absolute Gasteiger partial charge is 0.225 e. The molecule has 1 fully saturated rings. The first-order valence-corrected chi connectivity index (χ1v) is 4.03. The van der Waals surface area contributed by atoms with Crippen molar-refractivity contribution in [3.63, 3.8) is 0 Å². The van der Waals surface area contributed by atoms with Gasteiger partial charge in [-0.1, -0.05) is 0 Å². The average Bonchev–Trinajstić information content (AvgIpc) is 2.29. The van der Waals surface area contributed by atoms with Gasteiger partial charge in [0.05, 0.1) is 0 Å². The standard InChI is InChI=1S/C9H13NO2.Y/c1-3-10-7(2)6-8(4-5-11)9(10)12;/h2,8,11H,1,3-6H2;/q-2;. The Hall–Kier alpha value is 0.274. The maximum Gasteiger partial charge on any atom is 0.225 e. The normalized spacial score (nSPS) is 22.0. The first-order chi connectivity index (χ1) is 5.70. The van der Waals surface area contributed by atoms with E-state index in [0.717, 1.165) is 0 Å². The van der Waals surface area contributed by atoms with E-state index in [1.54, 1.807) is 0 Å². The molecule has 1 aliphatic heterocycles. The summed E-state index contributed by atoms with van der Waals surface area (Å²) in [4.78, 5) is 12.9. The summed E-state index contributed by atoms with van der Waals surface area (Å²) in [7, 11) is 0. The van der Waals surface area contributed by atoms with Gasteiger partial charge in [-0.25, -0.2) is 0 Å². The minimum Gasteiger partial charge on any atom is -0.493 e. The topological polar surface area (TPSA) is 40.5 Å². The number of amides is 1. The number of hydrogen-bond donors (Lipinski definition) is 1. The molecule has 13 heavy (non-hydrogen) atoms. The molecule has 0 aromatic heterocycles. The van der Waals surface area contributed by atoms with E-state index >= 15 is 0 Å². The molecule has 1 amide bonds. The fourth-order valence-electron chi connectivity index (χ4n) is 1.45. The van der Waals surface area contributed by atoms with Crippen molar-refractivity contribution >= 4 is 5.91 Å². The van der Waals surface area contributed by atoms with Crippen LogP contribution in [0.5, 0.6) is 0 Å². The van der Waals surface area contributed by atoms with Crippen LogP contribution >= 0.6 is 0 Å². The molecule has 1 aliphatic rings. The monoisotopic (exact) mass is 256 g/mol. The molecule has 1 saturated heterocycles. The molecular formula is C9H13NO2Y-2. The van der Waals surface area contributed by atoms with Gasteiger partial charge in [0.2, 0.25) is 5.91 Å². The van der Waals surface area contributed by atoms with Gasteiger partial charge in [-0.05, 0) is 12.8 Å². The van der Waals surface area contributed by atoms with Crippen molar-refractivity contribution in [1.29, 1.82) is 0 Å². The van der Waals surface area contributed by atoms with Gasteiger partial charge in [0, 0.05) is 45.2 Å². The van der Waals surface area contributed by atoms with Gasteiger partial charge in [-0.15, -0.1) is 6.54 Å². The first kappa shape index (κ1) is 13.3. The quantitative estimate of drug-likeness (QED) is 0.741. The number of hydrogen-bond acceptors (Lipinski definition) is 2. The van der Waals surface area contributed by atoms with Gasteiger partial charge in [0.15, 0.2) is 0 Å². The zero-order valence-electron chi connectivity index (χ0n) is 7.57. The molecule has 1 atom stereocenters. The van der Waals surface area contributed by atoms with E-state index in [-0.39, 0.29) is 51.1 Å². The number of nitrogens with zero attached hydrogens (tertiary/aromatic N) is 1. The average molecular weight is 256 g/mol. The van der Waals surface area contributed by atoms with Crippen LogP contribution in [0.4, 0.5) is 0 Å². The maximum atomic E-state index is 11.4. The van der Waals surface area contributed by atoms with Crippen molar-refractivity contribution in [2.75, 3.05) is 13.2 Å². The van der Waals surface area contributed by atoms with E-state index in [1.807, 2.05) is 0 Å². The van der Waals surface area contributed by atoms with E-state index in [4.69, 9.17) is 11.7 Å². The summed E-state index contributed by atoms with van der Waals surface area (Å²) in [5.74, 6) is -0.131.